The number of Topliss-reactive ketones (excluding diaryl/α,β-unsaturated/α-hetero) is 1. The van der Waals surface area contributed by atoms with Crippen LogP contribution in [0.1, 0.15) is 23.0 Å². The average Bonchev–Trinajstić information content (AvgIpc) is 2.50. The second-order valence-corrected chi connectivity index (χ2v) is 4.98. The van der Waals surface area contributed by atoms with Crippen LogP contribution < -0.4 is 10.5 Å². The molecule has 126 valence electrons. The minimum absolute atomic E-state index is 0.0711. The number of ether oxygens (including phenoxy) is 1. The van der Waals surface area contributed by atoms with Crippen molar-refractivity contribution >= 4 is 29.3 Å². The van der Waals surface area contributed by atoms with Crippen LogP contribution in [0.5, 0.6) is 5.75 Å². The summed E-state index contributed by atoms with van der Waals surface area (Å²) in [6, 6.07) is 2.31. The van der Waals surface area contributed by atoms with Crippen molar-refractivity contribution in [1.82, 2.24) is 9.97 Å². The Hall–Kier alpha value is -2.61. The highest BCUT2D eigenvalue weighted by molar-refractivity contribution is 6.32. The first-order chi connectivity index (χ1) is 11.3. The SMILES string of the molecule is C=Cc1c(N)nc(-c2ccc(Cl)c(OC(F)F)c2F)nc1C(C)=O. The third kappa shape index (κ3) is 3.33. The molecule has 0 aliphatic heterocycles. The molecule has 1 heterocycles. The van der Waals surface area contributed by atoms with Crippen LogP contribution in [-0.4, -0.2) is 22.4 Å². The summed E-state index contributed by atoms with van der Waals surface area (Å²) in [7, 11) is 0. The molecular formula is C15H11ClF3N3O2. The van der Waals surface area contributed by atoms with Crippen LogP contribution in [0.4, 0.5) is 19.0 Å². The lowest BCUT2D eigenvalue weighted by molar-refractivity contribution is -0.0520. The van der Waals surface area contributed by atoms with E-state index in [4.69, 9.17) is 17.3 Å². The number of ketones is 1. The van der Waals surface area contributed by atoms with E-state index in [-0.39, 0.29) is 33.5 Å². The molecule has 0 fully saturated rings. The van der Waals surface area contributed by atoms with Gasteiger partial charge in [-0.3, -0.25) is 4.79 Å². The topological polar surface area (TPSA) is 78.1 Å². The molecule has 2 rings (SSSR count). The number of nitrogen functional groups attached to an aromatic ring is 1. The Balaban J connectivity index is 2.69. The second kappa shape index (κ2) is 6.88. The van der Waals surface area contributed by atoms with Crippen molar-refractivity contribution in [2.24, 2.45) is 0 Å². The Morgan fingerprint density at radius 2 is 2.08 bits per heavy atom. The molecule has 0 aliphatic carbocycles. The number of aromatic nitrogens is 2. The Kier molecular flexibility index (Phi) is 5.08. The number of nitrogens with two attached hydrogens (primary N) is 1. The second-order valence-electron chi connectivity index (χ2n) is 4.57. The maximum Gasteiger partial charge on any atom is 0.387 e. The number of nitrogens with zero attached hydrogens (tertiary/aromatic N) is 2. The van der Waals surface area contributed by atoms with E-state index < -0.39 is 24.0 Å². The number of carbonyl (C=O) groups is 1. The van der Waals surface area contributed by atoms with Crippen molar-refractivity contribution in [1.29, 1.82) is 0 Å². The predicted octanol–water partition coefficient (Wildman–Crippen LogP) is 3.97. The molecule has 1 aromatic carbocycles. The molecule has 0 spiro atoms. The van der Waals surface area contributed by atoms with Crippen LogP contribution in [0.15, 0.2) is 18.7 Å². The van der Waals surface area contributed by atoms with Crippen LogP contribution in [-0.2, 0) is 0 Å². The molecule has 2 N–H and O–H groups in total. The zero-order chi connectivity index (χ0) is 18.0. The fourth-order valence-electron chi connectivity index (χ4n) is 1.98. The van der Waals surface area contributed by atoms with Crippen molar-refractivity contribution in [3.63, 3.8) is 0 Å². The number of halogens is 4. The number of anilines is 1. The molecule has 5 nitrogen and oxygen atoms in total. The van der Waals surface area contributed by atoms with Crippen LogP contribution in [0.25, 0.3) is 17.5 Å². The van der Waals surface area contributed by atoms with E-state index in [9.17, 15) is 18.0 Å². The van der Waals surface area contributed by atoms with Gasteiger partial charge in [0.25, 0.3) is 0 Å². The number of rotatable bonds is 5. The maximum atomic E-state index is 14.5. The minimum atomic E-state index is -3.27. The van der Waals surface area contributed by atoms with Gasteiger partial charge in [-0.2, -0.15) is 8.78 Å². The lowest BCUT2D eigenvalue weighted by Crippen LogP contribution is -2.10. The van der Waals surface area contributed by atoms with Crippen LogP contribution in [0, 0.1) is 5.82 Å². The zero-order valence-electron chi connectivity index (χ0n) is 12.3. The molecule has 1 aromatic heterocycles. The molecule has 0 aliphatic rings. The van der Waals surface area contributed by atoms with E-state index in [1.165, 1.54) is 19.1 Å². The largest absolute Gasteiger partial charge is 0.430 e. The highest BCUT2D eigenvalue weighted by Crippen LogP contribution is 2.35. The summed E-state index contributed by atoms with van der Waals surface area (Å²) in [5.41, 5.74) is 5.57. The molecule has 2 aromatic rings. The van der Waals surface area contributed by atoms with Crippen molar-refractivity contribution in [3.05, 3.63) is 40.8 Å². The lowest BCUT2D eigenvalue weighted by Gasteiger charge is -2.12. The standard InChI is InChI=1S/C15H11ClF3N3O2/c1-3-7-11(6(2)23)21-14(22-13(7)20)8-4-5-9(16)12(10(8)17)24-15(18)19/h3-5,15H,1H2,2H3,(H2,20,21,22). The van der Waals surface area contributed by atoms with Crippen molar-refractivity contribution < 1.29 is 22.7 Å². The minimum Gasteiger partial charge on any atom is -0.430 e. The smallest absolute Gasteiger partial charge is 0.387 e. The molecule has 24 heavy (non-hydrogen) atoms. The van der Waals surface area contributed by atoms with Crippen LogP contribution in [0.2, 0.25) is 5.02 Å². The number of hydrogen-bond acceptors (Lipinski definition) is 5. The van der Waals surface area contributed by atoms with Gasteiger partial charge in [0, 0.05) is 12.5 Å². The Morgan fingerprint density at radius 3 is 2.62 bits per heavy atom. The first-order valence-electron chi connectivity index (χ1n) is 6.50. The van der Waals surface area contributed by atoms with Crippen molar-refractivity contribution in [2.75, 3.05) is 5.73 Å². The average molecular weight is 358 g/mol. The predicted molar refractivity (Wildman–Crippen MR) is 83.6 cm³/mol. The van der Waals surface area contributed by atoms with Gasteiger partial charge < -0.3 is 10.5 Å². The fourth-order valence-corrected chi connectivity index (χ4v) is 2.17. The molecule has 0 radical (unpaired) electrons. The third-order valence-corrected chi connectivity index (χ3v) is 3.31. The summed E-state index contributed by atoms with van der Waals surface area (Å²) in [5.74, 6) is -2.85. The molecule has 0 unspecified atom stereocenters. The van der Waals surface area contributed by atoms with E-state index in [0.717, 1.165) is 6.07 Å². The summed E-state index contributed by atoms with van der Waals surface area (Å²) >= 11 is 5.66. The van der Waals surface area contributed by atoms with Gasteiger partial charge in [0.15, 0.2) is 23.2 Å². The van der Waals surface area contributed by atoms with Gasteiger partial charge in [0.2, 0.25) is 0 Å². The number of hydrogen-bond donors (Lipinski definition) is 1. The van der Waals surface area contributed by atoms with Gasteiger partial charge in [0.05, 0.1) is 10.6 Å². The third-order valence-electron chi connectivity index (χ3n) is 3.01. The molecular weight excluding hydrogens is 347 g/mol. The lowest BCUT2D eigenvalue weighted by atomic mass is 10.1. The Bertz CT molecular complexity index is 828. The van der Waals surface area contributed by atoms with Gasteiger partial charge in [-0.25, -0.2) is 14.4 Å². The van der Waals surface area contributed by atoms with Gasteiger partial charge >= 0.3 is 6.61 Å². The Morgan fingerprint density at radius 1 is 1.42 bits per heavy atom. The quantitative estimate of drug-likeness (QED) is 0.819. The van der Waals surface area contributed by atoms with Gasteiger partial charge in [0.1, 0.15) is 11.5 Å². The molecule has 0 atom stereocenters. The van der Waals surface area contributed by atoms with Crippen molar-refractivity contribution in [2.45, 2.75) is 13.5 Å². The Labute approximate surface area is 139 Å². The summed E-state index contributed by atoms with van der Waals surface area (Å²) in [4.78, 5) is 19.5. The highest BCUT2D eigenvalue weighted by atomic mass is 35.5. The first kappa shape index (κ1) is 17.7. The summed E-state index contributed by atoms with van der Waals surface area (Å²) in [5, 5.41) is -0.348. The summed E-state index contributed by atoms with van der Waals surface area (Å²) in [6.07, 6.45) is 1.29. The number of carbonyl (C=O) groups excluding carboxylic acids is 1. The van der Waals surface area contributed by atoms with E-state index in [1.54, 1.807) is 0 Å². The molecule has 0 saturated carbocycles. The van der Waals surface area contributed by atoms with Gasteiger partial charge in [-0.05, 0) is 12.1 Å². The fraction of sp³-hybridized carbons (Fsp3) is 0.133. The van der Waals surface area contributed by atoms with Crippen molar-refractivity contribution in [3.8, 4) is 17.1 Å². The van der Waals surface area contributed by atoms with E-state index in [2.05, 4.69) is 21.3 Å². The first-order valence-corrected chi connectivity index (χ1v) is 6.88. The van der Waals surface area contributed by atoms with Gasteiger partial charge in [-0.15, -0.1) is 0 Å². The van der Waals surface area contributed by atoms with E-state index >= 15 is 0 Å². The number of benzene rings is 1. The maximum absolute atomic E-state index is 14.5. The van der Waals surface area contributed by atoms with E-state index in [1.807, 2.05) is 0 Å². The molecule has 9 heteroatoms. The molecule has 0 saturated heterocycles. The highest BCUT2D eigenvalue weighted by Gasteiger charge is 2.22. The van der Waals surface area contributed by atoms with Gasteiger partial charge in [-0.1, -0.05) is 24.3 Å². The summed E-state index contributed by atoms with van der Waals surface area (Å²) < 4.78 is 43.3. The molecule has 0 amide bonds. The normalized spacial score (nSPS) is 10.8. The van der Waals surface area contributed by atoms with Crippen LogP contribution in [0.3, 0.4) is 0 Å². The van der Waals surface area contributed by atoms with Crippen LogP contribution >= 0.6 is 11.6 Å². The monoisotopic (exact) mass is 357 g/mol. The zero-order valence-corrected chi connectivity index (χ0v) is 13.1. The number of alkyl halides is 2. The van der Waals surface area contributed by atoms with E-state index in [0.29, 0.717) is 0 Å². The molecule has 0 bridgehead atoms. The summed E-state index contributed by atoms with van der Waals surface area (Å²) in [6.45, 7) is 1.47.